The van der Waals surface area contributed by atoms with E-state index in [-0.39, 0.29) is 11.5 Å². The molecule has 0 fully saturated rings. The van der Waals surface area contributed by atoms with Crippen LogP contribution in [-0.2, 0) is 11.3 Å². The summed E-state index contributed by atoms with van der Waals surface area (Å²) in [4.78, 5) is 35.5. The van der Waals surface area contributed by atoms with Gasteiger partial charge in [0.2, 0.25) is 0 Å². The average Bonchev–Trinajstić information content (AvgIpc) is 2.47. The molecule has 0 saturated heterocycles. The molecule has 0 bridgehead atoms. The lowest BCUT2D eigenvalue weighted by Crippen LogP contribution is -2.30. The third-order valence-electron chi connectivity index (χ3n) is 3.27. The minimum atomic E-state index is -0.303. The zero-order chi connectivity index (χ0) is 13.2. The quantitative estimate of drug-likeness (QED) is 0.742. The molecular formula is C13H12N4O2. The van der Waals surface area contributed by atoms with E-state index in [1.807, 2.05) is 0 Å². The molecule has 2 aromatic rings. The van der Waals surface area contributed by atoms with E-state index in [0.717, 1.165) is 19.1 Å². The number of rotatable bonds is 2. The van der Waals surface area contributed by atoms with Crippen molar-refractivity contribution in [2.24, 2.45) is 0 Å². The molecule has 0 aromatic carbocycles. The van der Waals surface area contributed by atoms with Gasteiger partial charge in [-0.2, -0.15) is 0 Å². The van der Waals surface area contributed by atoms with Gasteiger partial charge in [-0.25, -0.2) is 15.0 Å². The molecule has 1 unspecified atom stereocenters. The second-order valence-electron chi connectivity index (χ2n) is 4.47. The summed E-state index contributed by atoms with van der Waals surface area (Å²) in [5, 5.41) is 0. The Morgan fingerprint density at radius 3 is 3.00 bits per heavy atom. The van der Waals surface area contributed by atoms with Gasteiger partial charge in [-0.05, 0) is 18.9 Å². The molecule has 0 spiro atoms. The number of carbonyl (C=O) groups excluding carboxylic acids is 1. The number of aromatic nitrogens is 4. The van der Waals surface area contributed by atoms with E-state index in [2.05, 4.69) is 15.0 Å². The summed E-state index contributed by atoms with van der Waals surface area (Å²) in [6.07, 6.45) is 5.43. The highest BCUT2D eigenvalue weighted by Gasteiger charge is 2.23. The lowest BCUT2D eigenvalue weighted by atomic mass is 10.00. The predicted octanol–water partition coefficient (Wildman–Crippen LogP) is 0.777. The van der Waals surface area contributed by atoms with Crippen molar-refractivity contribution in [2.45, 2.75) is 25.3 Å². The third-order valence-corrected chi connectivity index (χ3v) is 3.27. The van der Waals surface area contributed by atoms with Gasteiger partial charge in [-0.3, -0.25) is 9.36 Å². The molecule has 1 atom stereocenters. The van der Waals surface area contributed by atoms with Gasteiger partial charge in [0.25, 0.3) is 5.56 Å². The summed E-state index contributed by atoms with van der Waals surface area (Å²) in [6, 6.07) is 3.15. The Balaban J connectivity index is 2.17. The Bertz CT molecular complexity index is 666. The first kappa shape index (κ1) is 11.7. The molecule has 0 N–H and O–H groups in total. The van der Waals surface area contributed by atoms with Crippen LogP contribution in [0.3, 0.4) is 0 Å². The van der Waals surface area contributed by atoms with E-state index >= 15 is 0 Å². The van der Waals surface area contributed by atoms with Gasteiger partial charge in [0, 0.05) is 18.8 Å². The number of hydrogen-bond donors (Lipinski definition) is 0. The molecule has 1 aliphatic heterocycles. The maximum absolute atomic E-state index is 12.1. The van der Waals surface area contributed by atoms with Crippen LogP contribution in [0.25, 0.3) is 11.4 Å². The van der Waals surface area contributed by atoms with Crippen LogP contribution in [0.2, 0.25) is 0 Å². The molecule has 0 amide bonds. The minimum absolute atomic E-state index is 0.134. The Morgan fingerprint density at radius 2 is 2.26 bits per heavy atom. The number of fused-ring (bicyclic) bond motifs is 1. The van der Waals surface area contributed by atoms with E-state index in [1.54, 1.807) is 16.8 Å². The normalized spacial score (nSPS) is 17.8. The molecule has 6 nitrogen and oxygen atoms in total. The summed E-state index contributed by atoms with van der Waals surface area (Å²) in [7, 11) is 0. The second-order valence-corrected chi connectivity index (χ2v) is 4.47. The van der Waals surface area contributed by atoms with E-state index in [9.17, 15) is 9.59 Å². The molecular weight excluding hydrogens is 244 g/mol. The summed E-state index contributed by atoms with van der Waals surface area (Å²) < 4.78 is 1.58. The van der Waals surface area contributed by atoms with Crippen molar-refractivity contribution in [3.63, 3.8) is 0 Å². The van der Waals surface area contributed by atoms with Crippen LogP contribution < -0.4 is 5.56 Å². The highest BCUT2D eigenvalue weighted by atomic mass is 16.1. The van der Waals surface area contributed by atoms with Gasteiger partial charge in [-0.1, -0.05) is 0 Å². The fraction of sp³-hybridized carbons (Fsp3) is 0.308. The molecule has 3 rings (SSSR count). The average molecular weight is 256 g/mol. The fourth-order valence-electron chi connectivity index (χ4n) is 2.33. The molecule has 6 heteroatoms. The highest BCUT2D eigenvalue weighted by molar-refractivity contribution is 5.61. The summed E-state index contributed by atoms with van der Waals surface area (Å²) in [6.45, 7) is 0.621. The number of aldehydes is 1. The molecule has 19 heavy (non-hydrogen) atoms. The van der Waals surface area contributed by atoms with Gasteiger partial charge >= 0.3 is 0 Å². The van der Waals surface area contributed by atoms with Crippen molar-refractivity contribution >= 4 is 6.29 Å². The van der Waals surface area contributed by atoms with Crippen LogP contribution in [0.4, 0.5) is 0 Å². The summed E-state index contributed by atoms with van der Waals surface area (Å²) in [5.74, 6) is 0.241. The standard InChI is InChI=1S/C13H12N4O2/c18-7-9-2-1-5-17-12(19)6-11(16-13(9)17)10-3-4-14-8-15-10/h3-4,6-9H,1-2,5H2. The summed E-state index contributed by atoms with van der Waals surface area (Å²) in [5.41, 5.74) is 0.947. The molecule has 0 aliphatic carbocycles. The molecule has 0 radical (unpaired) electrons. The zero-order valence-corrected chi connectivity index (χ0v) is 10.2. The van der Waals surface area contributed by atoms with Gasteiger partial charge in [0.05, 0.1) is 17.3 Å². The monoisotopic (exact) mass is 256 g/mol. The smallest absolute Gasteiger partial charge is 0.254 e. The first-order valence-corrected chi connectivity index (χ1v) is 6.13. The van der Waals surface area contributed by atoms with Crippen LogP contribution in [0.1, 0.15) is 24.6 Å². The Labute approximate surface area is 109 Å². The van der Waals surface area contributed by atoms with Crippen LogP contribution >= 0.6 is 0 Å². The zero-order valence-electron chi connectivity index (χ0n) is 10.2. The number of nitrogens with zero attached hydrogens (tertiary/aromatic N) is 4. The van der Waals surface area contributed by atoms with Crippen LogP contribution in [0.5, 0.6) is 0 Å². The Hall–Kier alpha value is -2.37. The summed E-state index contributed by atoms with van der Waals surface area (Å²) >= 11 is 0. The Morgan fingerprint density at radius 1 is 1.37 bits per heavy atom. The van der Waals surface area contributed by atoms with Crippen LogP contribution in [0, 0.1) is 0 Å². The van der Waals surface area contributed by atoms with Gasteiger partial charge in [-0.15, -0.1) is 0 Å². The van der Waals surface area contributed by atoms with Crippen molar-refractivity contribution in [2.75, 3.05) is 0 Å². The van der Waals surface area contributed by atoms with Crippen molar-refractivity contribution < 1.29 is 4.79 Å². The maximum Gasteiger partial charge on any atom is 0.254 e. The van der Waals surface area contributed by atoms with E-state index in [1.165, 1.54) is 12.4 Å². The number of carbonyl (C=O) groups is 1. The molecule has 0 saturated carbocycles. The van der Waals surface area contributed by atoms with Crippen molar-refractivity contribution in [3.8, 4) is 11.4 Å². The van der Waals surface area contributed by atoms with Crippen LogP contribution in [0.15, 0.2) is 29.5 Å². The molecule has 96 valence electrons. The first-order valence-electron chi connectivity index (χ1n) is 6.13. The topological polar surface area (TPSA) is 77.7 Å². The van der Waals surface area contributed by atoms with E-state index in [4.69, 9.17) is 0 Å². The lowest BCUT2D eigenvalue weighted by Gasteiger charge is -2.22. The van der Waals surface area contributed by atoms with Crippen molar-refractivity contribution in [1.82, 2.24) is 19.5 Å². The van der Waals surface area contributed by atoms with Crippen molar-refractivity contribution in [1.29, 1.82) is 0 Å². The molecule has 2 aromatic heterocycles. The fourth-order valence-corrected chi connectivity index (χ4v) is 2.33. The maximum atomic E-state index is 12.1. The second kappa shape index (κ2) is 4.72. The SMILES string of the molecule is O=CC1CCCn2c1nc(-c1ccncn1)cc2=O. The van der Waals surface area contributed by atoms with E-state index < -0.39 is 0 Å². The van der Waals surface area contributed by atoms with Crippen molar-refractivity contribution in [3.05, 3.63) is 40.8 Å². The largest absolute Gasteiger partial charge is 0.303 e. The third kappa shape index (κ3) is 2.05. The molecule has 3 heterocycles. The predicted molar refractivity (Wildman–Crippen MR) is 67.6 cm³/mol. The number of hydrogen-bond acceptors (Lipinski definition) is 5. The van der Waals surface area contributed by atoms with E-state index in [0.29, 0.717) is 23.8 Å². The lowest BCUT2D eigenvalue weighted by molar-refractivity contribution is -0.109. The molecule has 1 aliphatic rings. The highest BCUT2D eigenvalue weighted by Crippen LogP contribution is 2.24. The first-order chi connectivity index (χ1) is 9.29. The Kier molecular flexibility index (Phi) is 2.91. The minimum Gasteiger partial charge on any atom is -0.303 e. The van der Waals surface area contributed by atoms with Gasteiger partial charge < -0.3 is 4.79 Å². The van der Waals surface area contributed by atoms with Gasteiger partial charge in [0.1, 0.15) is 18.4 Å². The van der Waals surface area contributed by atoms with Crippen LogP contribution in [-0.4, -0.2) is 25.8 Å². The van der Waals surface area contributed by atoms with Gasteiger partial charge in [0.15, 0.2) is 0 Å².